The van der Waals surface area contributed by atoms with Crippen LogP contribution in [0, 0.1) is 0 Å². The molecule has 0 fully saturated rings. The van der Waals surface area contributed by atoms with Gasteiger partial charge in [-0.05, 0) is 42.5 Å². The van der Waals surface area contributed by atoms with Crippen molar-refractivity contribution in [3.05, 3.63) is 35.4 Å². The number of hydrogen-bond donors (Lipinski definition) is 0. The van der Waals surface area contributed by atoms with Gasteiger partial charge in [0.25, 0.3) is 0 Å². The molecule has 102 valence electrons. The lowest BCUT2D eigenvalue weighted by molar-refractivity contribution is 0.317. The smallest absolute Gasteiger partial charge is 0.145 e. The Morgan fingerprint density at radius 1 is 0.947 bits per heavy atom. The Labute approximate surface area is 119 Å². The first kappa shape index (κ1) is 14.0. The van der Waals surface area contributed by atoms with Crippen molar-refractivity contribution in [1.29, 1.82) is 0 Å². The van der Waals surface area contributed by atoms with Crippen LogP contribution in [0.25, 0.3) is 10.8 Å². The van der Waals surface area contributed by atoms with Crippen LogP contribution in [-0.2, 0) is 0 Å². The van der Waals surface area contributed by atoms with Gasteiger partial charge in [0.15, 0.2) is 0 Å². The van der Waals surface area contributed by atoms with Gasteiger partial charge >= 0.3 is 0 Å². The van der Waals surface area contributed by atoms with E-state index in [2.05, 4.69) is 13.8 Å². The topological polar surface area (TPSA) is 18.5 Å². The van der Waals surface area contributed by atoms with Crippen LogP contribution in [0.5, 0.6) is 11.5 Å². The number of halogens is 1. The zero-order valence-corrected chi connectivity index (χ0v) is 12.2. The van der Waals surface area contributed by atoms with Crippen LogP contribution in [0.1, 0.15) is 26.7 Å². The molecule has 0 radical (unpaired) electrons. The summed E-state index contributed by atoms with van der Waals surface area (Å²) in [6.45, 7) is 5.58. The Bertz CT molecular complexity index is 552. The first-order valence-corrected chi connectivity index (χ1v) is 7.12. The van der Waals surface area contributed by atoms with Gasteiger partial charge in [0.2, 0.25) is 0 Å². The lowest BCUT2D eigenvalue weighted by Crippen LogP contribution is -1.97. The van der Waals surface area contributed by atoms with Crippen molar-refractivity contribution in [1.82, 2.24) is 0 Å². The molecule has 19 heavy (non-hydrogen) atoms. The number of fused-ring (bicyclic) bond motifs is 1. The standard InChI is InChI=1S/C16H19ClO2/c1-3-9-18-13-6-7-14-12(11-13)5-8-15(17)16(14)19-10-4-2/h5-8,11H,3-4,9-10H2,1-2H3. The lowest BCUT2D eigenvalue weighted by Gasteiger charge is -2.12. The summed E-state index contributed by atoms with van der Waals surface area (Å²) in [5.74, 6) is 1.65. The third kappa shape index (κ3) is 3.32. The molecule has 2 rings (SSSR count). The molecule has 0 atom stereocenters. The van der Waals surface area contributed by atoms with E-state index in [4.69, 9.17) is 21.1 Å². The molecule has 3 heteroatoms. The minimum atomic E-state index is 0.656. The van der Waals surface area contributed by atoms with E-state index < -0.39 is 0 Å². The van der Waals surface area contributed by atoms with E-state index in [-0.39, 0.29) is 0 Å². The average Bonchev–Trinajstić information content (AvgIpc) is 2.44. The summed E-state index contributed by atoms with van der Waals surface area (Å²) in [4.78, 5) is 0. The molecule has 2 aromatic rings. The third-order valence-corrected chi connectivity index (χ3v) is 3.11. The second kappa shape index (κ2) is 6.67. The summed E-state index contributed by atoms with van der Waals surface area (Å²) >= 11 is 6.21. The molecule has 0 spiro atoms. The highest BCUT2D eigenvalue weighted by Crippen LogP contribution is 2.35. The molecule has 0 aliphatic heterocycles. The van der Waals surface area contributed by atoms with Crippen LogP contribution in [0.3, 0.4) is 0 Å². The molecule has 0 N–H and O–H groups in total. The van der Waals surface area contributed by atoms with Crippen molar-refractivity contribution in [3.8, 4) is 11.5 Å². The zero-order chi connectivity index (χ0) is 13.7. The molecule has 0 amide bonds. The van der Waals surface area contributed by atoms with Crippen LogP contribution < -0.4 is 9.47 Å². The molecular formula is C16H19ClO2. The van der Waals surface area contributed by atoms with Crippen molar-refractivity contribution in [2.24, 2.45) is 0 Å². The molecular weight excluding hydrogens is 260 g/mol. The van der Waals surface area contributed by atoms with E-state index in [0.29, 0.717) is 11.6 Å². The Kier molecular flexibility index (Phi) is 4.92. The molecule has 0 aliphatic rings. The van der Waals surface area contributed by atoms with Crippen LogP contribution in [-0.4, -0.2) is 13.2 Å². The summed E-state index contributed by atoms with van der Waals surface area (Å²) in [5, 5.41) is 2.78. The molecule has 0 aliphatic carbocycles. The van der Waals surface area contributed by atoms with E-state index in [9.17, 15) is 0 Å². The van der Waals surface area contributed by atoms with Crippen molar-refractivity contribution in [2.45, 2.75) is 26.7 Å². The summed E-state index contributed by atoms with van der Waals surface area (Å²) < 4.78 is 11.4. The normalized spacial score (nSPS) is 10.7. The van der Waals surface area contributed by atoms with Crippen LogP contribution in [0.15, 0.2) is 30.3 Å². The molecule has 0 aromatic heterocycles. The maximum atomic E-state index is 6.21. The fourth-order valence-corrected chi connectivity index (χ4v) is 2.13. The summed E-state index contributed by atoms with van der Waals surface area (Å²) in [6, 6.07) is 9.87. The highest BCUT2D eigenvalue weighted by atomic mass is 35.5. The average molecular weight is 279 g/mol. The molecule has 0 saturated carbocycles. The largest absolute Gasteiger partial charge is 0.494 e. The highest BCUT2D eigenvalue weighted by Gasteiger charge is 2.08. The maximum Gasteiger partial charge on any atom is 0.145 e. The Hall–Kier alpha value is -1.41. The van der Waals surface area contributed by atoms with E-state index in [0.717, 1.165) is 41.7 Å². The predicted octanol–water partition coefficient (Wildman–Crippen LogP) is 5.07. The van der Waals surface area contributed by atoms with Gasteiger partial charge in [0.05, 0.1) is 18.2 Å². The van der Waals surface area contributed by atoms with Gasteiger partial charge in [-0.2, -0.15) is 0 Å². The third-order valence-electron chi connectivity index (χ3n) is 2.82. The van der Waals surface area contributed by atoms with Crippen molar-refractivity contribution < 1.29 is 9.47 Å². The molecule has 0 unspecified atom stereocenters. The van der Waals surface area contributed by atoms with Gasteiger partial charge in [0, 0.05) is 5.39 Å². The molecule has 0 bridgehead atoms. The quantitative estimate of drug-likeness (QED) is 0.734. The van der Waals surface area contributed by atoms with Crippen LogP contribution >= 0.6 is 11.6 Å². The molecule has 0 saturated heterocycles. The fraction of sp³-hybridized carbons (Fsp3) is 0.375. The number of hydrogen-bond acceptors (Lipinski definition) is 2. The Morgan fingerprint density at radius 2 is 1.68 bits per heavy atom. The second-order valence-corrected chi connectivity index (χ2v) is 4.86. The van der Waals surface area contributed by atoms with E-state index >= 15 is 0 Å². The van der Waals surface area contributed by atoms with Gasteiger partial charge in [-0.3, -0.25) is 0 Å². The maximum absolute atomic E-state index is 6.21. The van der Waals surface area contributed by atoms with Crippen molar-refractivity contribution in [2.75, 3.05) is 13.2 Å². The number of rotatable bonds is 6. The van der Waals surface area contributed by atoms with E-state index in [1.165, 1.54) is 0 Å². The van der Waals surface area contributed by atoms with E-state index in [1.807, 2.05) is 30.3 Å². The van der Waals surface area contributed by atoms with Gasteiger partial charge in [-0.15, -0.1) is 0 Å². The van der Waals surface area contributed by atoms with Crippen molar-refractivity contribution in [3.63, 3.8) is 0 Å². The SMILES string of the molecule is CCCOc1ccc2c(OCCC)c(Cl)ccc2c1. The van der Waals surface area contributed by atoms with Crippen LogP contribution in [0.4, 0.5) is 0 Å². The minimum Gasteiger partial charge on any atom is -0.494 e. The predicted molar refractivity (Wildman–Crippen MR) is 80.5 cm³/mol. The van der Waals surface area contributed by atoms with Crippen LogP contribution in [0.2, 0.25) is 5.02 Å². The Balaban J connectivity index is 2.36. The number of benzene rings is 2. The first-order chi connectivity index (χ1) is 9.26. The monoisotopic (exact) mass is 278 g/mol. The highest BCUT2D eigenvalue weighted by molar-refractivity contribution is 6.33. The van der Waals surface area contributed by atoms with Gasteiger partial charge in [0.1, 0.15) is 11.5 Å². The summed E-state index contributed by atoms with van der Waals surface area (Å²) in [7, 11) is 0. The lowest BCUT2D eigenvalue weighted by atomic mass is 10.1. The van der Waals surface area contributed by atoms with Gasteiger partial charge in [-0.25, -0.2) is 0 Å². The van der Waals surface area contributed by atoms with Gasteiger partial charge < -0.3 is 9.47 Å². The summed E-state index contributed by atoms with van der Waals surface area (Å²) in [5.41, 5.74) is 0. The summed E-state index contributed by atoms with van der Waals surface area (Å²) in [6.07, 6.45) is 1.97. The second-order valence-electron chi connectivity index (χ2n) is 4.46. The molecule has 0 heterocycles. The Morgan fingerprint density at radius 3 is 2.42 bits per heavy atom. The fourth-order valence-electron chi connectivity index (χ4n) is 1.91. The number of ether oxygens (including phenoxy) is 2. The molecule has 2 aromatic carbocycles. The first-order valence-electron chi connectivity index (χ1n) is 6.74. The van der Waals surface area contributed by atoms with Crippen molar-refractivity contribution >= 4 is 22.4 Å². The zero-order valence-electron chi connectivity index (χ0n) is 11.4. The minimum absolute atomic E-state index is 0.656. The van der Waals surface area contributed by atoms with E-state index in [1.54, 1.807) is 0 Å². The molecule has 2 nitrogen and oxygen atoms in total. The van der Waals surface area contributed by atoms with Gasteiger partial charge in [-0.1, -0.05) is 31.5 Å².